The Morgan fingerprint density at radius 1 is 1.21 bits per heavy atom. The Balaban J connectivity index is 1.72. The average Bonchev–Trinajstić information content (AvgIpc) is 3.05. The summed E-state index contributed by atoms with van der Waals surface area (Å²) >= 11 is 4.89. The second-order valence-electron chi connectivity index (χ2n) is 5.37. The highest BCUT2D eigenvalue weighted by molar-refractivity contribution is 9.10. The number of H-pyrrole nitrogens is 1. The van der Waals surface area contributed by atoms with Crippen LogP contribution in [0, 0.1) is 18.3 Å². The zero-order chi connectivity index (χ0) is 16.9. The summed E-state index contributed by atoms with van der Waals surface area (Å²) < 4.78 is 0.953. The van der Waals surface area contributed by atoms with Crippen LogP contribution < -0.4 is 0 Å². The number of nitrogens with one attached hydrogen (secondary N) is 1. The van der Waals surface area contributed by atoms with E-state index in [9.17, 15) is 5.26 Å². The molecule has 1 heterocycles. The molecule has 24 heavy (non-hydrogen) atoms. The lowest BCUT2D eigenvalue weighted by atomic mass is 10.1. The van der Waals surface area contributed by atoms with Crippen molar-refractivity contribution in [2.24, 2.45) is 0 Å². The molecule has 1 atom stereocenters. The number of benzene rings is 2. The Kier molecular flexibility index (Phi) is 5.34. The number of hydrogen-bond acceptors (Lipinski definition) is 4. The third-order valence-electron chi connectivity index (χ3n) is 3.53. The summed E-state index contributed by atoms with van der Waals surface area (Å²) in [6.45, 7) is 2.05. The molecule has 0 bridgehead atoms. The van der Waals surface area contributed by atoms with E-state index in [0.717, 1.165) is 15.6 Å². The van der Waals surface area contributed by atoms with Crippen LogP contribution in [-0.2, 0) is 6.42 Å². The molecule has 0 radical (unpaired) electrons. The average molecular weight is 399 g/mol. The maximum Gasteiger partial charge on any atom is 0.210 e. The summed E-state index contributed by atoms with van der Waals surface area (Å²) in [6, 6.07) is 18.4. The van der Waals surface area contributed by atoms with E-state index in [-0.39, 0.29) is 5.25 Å². The lowest BCUT2D eigenvalue weighted by Gasteiger charge is -2.06. The van der Waals surface area contributed by atoms with E-state index < -0.39 is 0 Å². The minimum atomic E-state index is -0.226. The highest BCUT2D eigenvalue weighted by Gasteiger charge is 2.15. The van der Waals surface area contributed by atoms with E-state index in [1.165, 1.54) is 17.3 Å². The molecular formula is C18H15BrN4S. The molecule has 0 saturated heterocycles. The van der Waals surface area contributed by atoms with E-state index in [1.54, 1.807) is 0 Å². The van der Waals surface area contributed by atoms with Gasteiger partial charge in [-0.1, -0.05) is 75.7 Å². The van der Waals surface area contributed by atoms with Crippen LogP contribution in [0.5, 0.6) is 0 Å². The highest BCUT2D eigenvalue weighted by Crippen LogP contribution is 2.28. The monoisotopic (exact) mass is 398 g/mol. The van der Waals surface area contributed by atoms with Gasteiger partial charge in [0.15, 0.2) is 5.82 Å². The van der Waals surface area contributed by atoms with Gasteiger partial charge in [0.2, 0.25) is 5.16 Å². The number of halogens is 1. The Bertz CT molecular complexity index is 867. The first-order valence-corrected chi connectivity index (χ1v) is 9.12. The second kappa shape index (κ2) is 7.65. The van der Waals surface area contributed by atoms with Crippen molar-refractivity contribution in [2.45, 2.75) is 23.8 Å². The van der Waals surface area contributed by atoms with Crippen molar-refractivity contribution in [3.63, 3.8) is 0 Å². The van der Waals surface area contributed by atoms with Crippen molar-refractivity contribution < 1.29 is 0 Å². The smallest absolute Gasteiger partial charge is 0.210 e. The number of aromatic nitrogens is 3. The van der Waals surface area contributed by atoms with Gasteiger partial charge in [-0.05, 0) is 25.0 Å². The van der Waals surface area contributed by atoms with Crippen molar-refractivity contribution >= 4 is 27.7 Å². The minimum absolute atomic E-state index is 0.226. The van der Waals surface area contributed by atoms with Crippen molar-refractivity contribution in [3.05, 3.63) is 64.1 Å². The minimum Gasteiger partial charge on any atom is -0.258 e. The summed E-state index contributed by atoms with van der Waals surface area (Å²) in [4.78, 5) is 4.50. The van der Waals surface area contributed by atoms with Gasteiger partial charge in [-0.15, -0.1) is 5.10 Å². The van der Waals surface area contributed by atoms with E-state index >= 15 is 0 Å². The van der Waals surface area contributed by atoms with Gasteiger partial charge >= 0.3 is 0 Å². The predicted molar refractivity (Wildman–Crippen MR) is 99.7 cm³/mol. The normalized spacial score (nSPS) is 11.9. The summed E-state index contributed by atoms with van der Waals surface area (Å²) in [5.41, 5.74) is 3.30. The van der Waals surface area contributed by atoms with Crippen molar-refractivity contribution in [2.75, 3.05) is 0 Å². The van der Waals surface area contributed by atoms with Crippen molar-refractivity contribution in [1.82, 2.24) is 15.2 Å². The first-order chi connectivity index (χ1) is 11.7. The molecule has 0 aliphatic carbocycles. The van der Waals surface area contributed by atoms with Crippen LogP contribution in [0.3, 0.4) is 0 Å². The van der Waals surface area contributed by atoms with E-state index in [2.05, 4.69) is 68.4 Å². The maximum atomic E-state index is 9.43. The molecule has 1 unspecified atom stereocenters. The van der Waals surface area contributed by atoms with Gasteiger partial charge in [-0.3, -0.25) is 5.10 Å². The number of thioether (sulfide) groups is 1. The standard InChI is InChI=1S/C18H15BrN4S/c1-12-6-8-13(9-7-12)10-14(11-20)24-18-21-17(22-23-18)15-4-2-3-5-16(15)19/h2-9,14H,10H2,1H3,(H,21,22,23). The van der Waals surface area contributed by atoms with Gasteiger partial charge in [0.1, 0.15) is 5.25 Å². The number of aromatic amines is 1. The molecule has 0 spiro atoms. The van der Waals surface area contributed by atoms with Crippen LogP contribution in [0.4, 0.5) is 0 Å². The molecule has 0 aliphatic heterocycles. The molecular weight excluding hydrogens is 384 g/mol. The molecule has 3 aromatic rings. The van der Waals surface area contributed by atoms with Gasteiger partial charge in [-0.2, -0.15) is 5.26 Å². The Morgan fingerprint density at radius 3 is 2.67 bits per heavy atom. The van der Waals surface area contributed by atoms with E-state index in [0.29, 0.717) is 17.4 Å². The molecule has 4 nitrogen and oxygen atoms in total. The summed E-state index contributed by atoms with van der Waals surface area (Å²) in [5.74, 6) is 0.692. The lowest BCUT2D eigenvalue weighted by Crippen LogP contribution is -2.04. The topological polar surface area (TPSA) is 65.4 Å². The van der Waals surface area contributed by atoms with Crippen molar-refractivity contribution in [1.29, 1.82) is 5.26 Å². The lowest BCUT2D eigenvalue weighted by molar-refractivity contribution is 0.954. The quantitative estimate of drug-likeness (QED) is 0.628. The first kappa shape index (κ1) is 16.7. The summed E-state index contributed by atoms with van der Waals surface area (Å²) in [6.07, 6.45) is 0.667. The Hall–Kier alpha value is -2.10. The zero-order valence-corrected chi connectivity index (χ0v) is 15.4. The van der Waals surface area contributed by atoms with Gasteiger partial charge in [0.25, 0.3) is 0 Å². The Labute approximate surface area is 153 Å². The highest BCUT2D eigenvalue weighted by atomic mass is 79.9. The number of aryl methyl sites for hydroxylation is 1. The number of rotatable bonds is 5. The maximum absolute atomic E-state index is 9.43. The van der Waals surface area contributed by atoms with E-state index in [4.69, 9.17) is 0 Å². The second-order valence-corrected chi connectivity index (χ2v) is 7.40. The molecule has 0 saturated carbocycles. The fourth-order valence-corrected chi connectivity index (χ4v) is 3.55. The molecule has 0 aliphatic rings. The predicted octanol–water partition coefficient (Wildman–Crippen LogP) is 4.77. The fraction of sp³-hybridized carbons (Fsp3) is 0.167. The summed E-state index contributed by atoms with van der Waals surface area (Å²) in [7, 11) is 0. The number of nitrogens with zero attached hydrogens (tertiary/aromatic N) is 3. The van der Waals surface area contributed by atoms with Crippen LogP contribution >= 0.6 is 27.7 Å². The molecule has 1 N–H and O–H groups in total. The largest absolute Gasteiger partial charge is 0.258 e. The third kappa shape index (κ3) is 4.05. The van der Waals surface area contributed by atoms with Crippen LogP contribution in [0.25, 0.3) is 11.4 Å². The molecule has 6 heteroatoms. The van der Waals surface area contributed by atoms with Crippen molar-refractivity contribution in [3.8, 4) is 17.5 Å². The van der Waals surface area contributed by atoms with Gasteiger partial charge < -0.3 is 0 Å². The van der Waals surface area contributed by atoms with Gasteiger partial charge in [-0.25, -0.2) is 4.98 Å². The first-order valence-electron chi connectivity index (χ1n) is 7.45. The van der Waals surface area contributed by atoms with Crippen LogP contribution in [0.15, 0.2) is 58.2 Å². The van der Waals surface area contributed by atoms with Crippen LogP contribution in [0.2, 0.25) is 0 Å². The molecule has 120 valence electrons. The Morgan fingerprint density at radius 2 is 1.96 bits per heavy atom. The molecule has 0 fully saturated rings. The molecule has 3 rings (SSSR count). The van der Waals surface area contributed by atoms with E-state index in [1.807, 2.05) is 24.3 Å². The fourth-order valence-electron chi connectivity index (χ4n) is 2.25. The van der Waals surface area contributed by atoms with Crippen LogP contribution in [-0.4, -0.2) is 20.4 Å². The SMILES string of the molecule is Cc1ccc(CC(C#N)Sc2n[nH]c(-c3ccccc3Br)n2)cc1. The molecule has 2 aromatic carbocycles. The summed E-state index contributed by atoms with van der Waals surface area (Å²) in [5, 5.41) is 17.0. The zero-order valence-electron chi connectivity index (χ0n) is 13.0. The van der Waals surface area contributed by atoms with Gasteiger partial charge in [0, 0.05) is 10.0 Å². The number of hydrogen-bond donors (Lipinski definition) is 1. The molecule has 1 aromatic heterocycles. The van der Waals surface area contributed by atoms with Crippen LogP contribution in [0.1, 0.15) is 11.1 Å². The molecule has 0 amide bonds. The number of nitriles is 1. The third-order valence-corrected chi connectivity index (χ3v) is 5.17. The van der Waals surface area contributed by atoms with Gasteiger partial charge in [0.05, 0.1) is 6.07 Å².